The zero-order chi connectivity index (χ0) is 24.2. The van der Waals surface area contributed by atoms with Gasteiger partial charge in [-0.25, -0.2) is 4.79 Å². The third-order valence-electron chi connectivity index (χ3n) is 5.33. The number of nitrogens with one attached hydrogen (secondary N) is 1. The number of thiophene rings is 1. The van der Waals surface area contributed by atoms with E-state index in [0.29, 0.717) is 33.2 Å². The summed E-state index contributed by atoms with van der Waals surface area (Å²) in [6, 6.07) is 16.2. The minimum absolute atomic E-state index is 0.176. The molecule has 1 N–H and O–H groups in total. The van der Waals surface area contributed by atoms with Crippen LogP contribution in [-0.4, -0.2) is 31.1 Å². The van der Waals surface area contributed by atoms with Gasteiger partial charge in [0.25, 0.3) is 5.91 Å². The fourth-order valence-corrected chi connectivity index (χ4v) is 4.76. The Kier molecular flexibility index (Phi) is 6.98. The Morgan fingerprint density at radius 2 is 1.62 bits per heavy atom. The second kappa shape index (κ2) is 10.1. The van der Waals surface area contributed by atoms with Gasteiger partial charge in [0.2, 0.25) is 0 Å². The maximum absolute atomic E-state index is 13.1. The van der Waals surface area contributed by atoms with Crippen molar-refractivity contribution in [3.8, 4) is 11.5 Å². The molecular formula is C26H25NO6S. The van der Waals surface area contributed by atoms with Gasteiger partial charge in [0, 0.05) is 16.0 Å². The van der Waals surface area contributed by atoms with Gasteiger partial charge in [-0.2, -0.15) is 0 Å². The smallest absolute Gasteiger partial charge is 0.341 e. The van der Waals surface area contributed by atoms with Crippen LogP contribution in [-0.2, 0) is 19.1 Å². The molecule has 0 saturated carbocycles. The van der Waals surface area contributed by atoms with Crippen LogP contribution in [0, 0.1) is 0 Å². The minimum atomic E-state index is -0.710. The van der Waals surface area contributed by atoms with E-state index in [2.05, 4.69) is 5.32 Å². The molecule has 7 nitrogen and oxygen atoms in total. The van der Waals surface area contributed by atoms with Crippen molar-refractivity contribution >= 4 is 34.2 Å². The molecule has 0 aliphatic carbocycles. The molecule has 0 spiro atoms. The predicted octanol–water partition coefficient (Wildman–Crippen LogP) is 5.47. The molecule has 1 aromatic heterocycles. The number of esters is 2. The summed E-state index contributed by atoms with van der Waals surface area (Å²) in [6.45, 7) is 5.45. The summed E-state index contributed by atoms with van der Waals surface area (Å²) in [5.41, 5.74) is 1.65. The molecular weight excluding hydrogens is 454 g/mol. The first kappa shape index (κ1) is 23.5. The second-order valence-corrected chi connectivity index (χ2v) is 9.12. The number of carbonyl (C=O) groups is 3. The van der Waals surface area contributed by atoms with Gasteiger partial charge < -0.3 is 19.5 Å². The quantitative estimate of drug-likeness (QED) is 0.452. The highest BCUT2D eigenvalue weighted by atomic mass is 32.1. The van der Waals surface area contributed by atoms with Gasteiger partial charge in [-0.05, 0) is 31.0 Å². The number of anilines is 1. The maximum Gasteiger partial charge on any atom is 0.341 e. The Morgan fingerprint density at radius 3 is 2.21 bits per heavy atom. The summed E-state index contributed by atoms with van der Waals surface area (Å²) >= 11 is 1.30. The third kappa shape index (κ3) is 4.82. The topological polar surface area (TPSA) is 90.9 Å². The van der Waals surface area contributed by atoms with Crippen molar-refractivity contribution in [3.05, 3.63) is 76.2 Å². The van der Waals surface area contributed by atoms with Crippen LogP contribution in [0.3, 0.4) is 0 Å². The molecule has 0 fully saturated rings. The molecule has 1 aliphatic heterocycles. The second-order valence-electron chi connectivity index (χ2n) is 8.03. The lowest BCUT2D eigenvalue weighted by molar-refractivity contribution is -0.148. The molecule has 3 aromatic rings. The van der Waals surface area contributed by atoms with Crippen LogP contribution in [0.15, 0.2) is 54.6 Å². The first-order valence-electron chi connectivity index (χ1n) is 11.0. The van der Waals surface area contributed by atoms with Crippen molar-refractivity contribution in [2.45, 2.75) is 32.6 Å². The molecule has 8 heteroatoms. The van der Waals surface area contributed by atoms with Crippen molar-refractivity contribution in [2.75, 3.05) is 18.5 Å². The summed E-state index contributed by atoms with van der Waals surface area (Å²) in [6.07, 6.45) is 0. The molecule has 4 rings (SSSR count). The van der Waals surface area contributed by atoms with Gasteiger partial charge in [-0.1, -0.05) is 50.2 Å². The average molecular weight is 480 g/mol. The highest BCUT2D eigenvalue weighted by molar-refractivity contribution is 7.16. The number of ether oxygens (including phenoxy) is 3. The van der Waals surface area contributed by atoms with E-state index in [9.17, 15) is 14.4 Å². The fourth-order valence-electron chi connectivity index (χ4n) is 3.69. The molecule has 0 radical (unpaired) electrons. The van der Waals surface area contributed by atoms with Crippen molar-refractivity contribution in [1.29, 1.82) is 0 Å². The number of hydrogen-bond acceptors (Lipinski definition) is 7. The van der Waals surface area contributed by atoms with Crippen molar-refractivity contribution in [3.63, 3.8) is 0 Å². The largest absolute Gasteiger partial charge is 0.462 e. The van der Waals surface area contributed by atoms with E-state index in [0.717, 1.165) is 4.88 Å². The number of fused-ring (bicyclic) bond motifs is 2. The van der Waals surface area contributed by atoms with Gasteiger partial charge in [0.15, 0.2) is 6.61 Å². The van der Waals surface area contributed by atoms with Crippen LogP contribution in [0.5, 0.6) is 11.5 Å². The monoisotopic (exact) mass is 479 g/mol. The third-order valence-corrected chi connectivity index (χ3v) is 6.68. The summed E-state index contributed by atoms with van der Waals surface area (Å²) in [7, 11) is 0. The fraction of sp³-hybridized carbons (Fsp3) is 0.269. The summed E-state index contributed by atoms with van der Waals surface area (Å²) in [5.74, 6) is -0.984. The highest BCUT2D eigenvalue weighted by Crippen LogP contribution is 2.44. The highest BCUT2D eigenvalue weighted by Gasteiger charge is 2.34. The van der Waals surface area contributed by atoms with Crippen molar-refractivity contribution < 1.29 is 28.6 Å². The Morgan fingerprint density at radius 1 is 1.00 bits per heavy atom. The molecule has 0 unspecified atom stereocenters. The molecule has 0 bridgehead atoms. The molecule has 2 heterocycles. The summed E-state index contributed by atoms with van der Waals surface area (Å²) < 4.78 is 16.4. The lowest BCUT2D eigenvalue weighted by atomic mass is 9.88. The zero-order valence-electron chi connectivity index (χ0n) is 19.1. The number of rotatable bonds is 7. The SMILES string of the molecule is CCOC(=O)c1cc(C(C)C)sc1NC(=O)COC(=O)C1c2ccccc2Oc2ccccc21. The molecule has 176 valence electrons. The standard InChI is InChI=1S/C26H25NO6S/c1-4-31-25(29)18-13-21(15(2)3)34-24(18)27-22(28)14-32-26(30)23-16-9-5-7-11-19(16)33-20-12-8-6-10-17(20)23/h5-13,15,23H,4,14H2,1-3H3,(H,27,28). The summed E-state index contributed by atoms with van der Waals surface area (Å²) in [4.78, 5) is 39.0. The number of para-hydroxylation sites is 2. The molecule has 0 atom stereocenters. The van der Waals surface area contributed by atoms with Crippen molar-refractivity contribution in [2.24, 2.45) is 0 Å². The average Bonchev–Trinajstić information content (AvgIpc) is 3.25. The maximum atomic E-state index is 13.1. The first-order chi connectivity index (χ1) is 16.4. The van der Waals surface area contributed by atoms with Gasteiger partial charge in [0.05, 0.1) is 12.2 Å². The van der Waals surface area contributed by atoms with E-state index in [4.69, 9.17) is 14.2 Å². The van der Waals surface area contributed by atoms with Crippen LogP contribution in [0.1, 0.15) is 59.0 Å². The zero-order valence-corrected chi connectivity index (χ0v) is 19.9. The molecule has 2 aromatic carbocycles. The molecule has 34 heavy (non-hydrogen) atoms. The Labute approximate surface area is 201 Å². The van der Waals surface area contributed by atoms with Crippen LogP contribution >= 0.6 is 11.3 Å². The van der Waals surface area contributed by atoms with E-state index in [-0.39, 0.29) is 12.5 Å². The van der Waals surface area contributed by atoms with E-state index in [1.54, 1.807) is 25.1 Å². The number of benzene rings is 2. The Balaban J connectivity index is 1.49. The van der Waals surface area contributed by atoms with Gasteiger partial charge in [-0.15, -0.1) is 11.3 Å². The molecule has 1 aliphatic rings. The Bertz CT molecular complexity index is 1190. The van der Waals surface area contributed by atoms with E-state index in [1.165, 1.54) is 11.3 Å². The molecule has 0 saturated heterocycles. The minimum Gasteiger partial charge on any atom is -0.462 e. The normalized spacial score (nSPS) is 12.4. The van der Waals surface area contributed by atoms with E-state index >= 15 is 0 Å². The van der Waals surface area contributed by atoms with Crippen LogP contribution in [0.4, 0.5) is 5.00 Å². The number of hydrogen-bond donors (Lipinski definition) is 1. The van der Waals surface area contributed by atoms with E-state index in [1.807, 2.05) is 50.2 Å². The van der Waals surface area contributed by atoms with Crippen LogP contribution in [0.2, 0.25) is 0 Å². The van der Waals surface area contributed by atoms with Crippen molar-refractivity contribution in [1.82, 2.24) is 0 Å². The summed E-state index contributed by atoms with van der Waals surface area (Å²) in [5, 5.41) is 3.08. The van der Waals surface area contributed by atoms with Gasteiger partial charge >= 0.3 is 11.9 Å². The predicted molar refractivity (Wildman–Crippen MR) is 129 cm³/mol. The van der Waals surface area contributed by atoms with Gasteiger partial charge in [0.1, 0.15) is 22.4 Å². The van der Waals surface area contributed by atoms with Crippen LogP contribution in [0.25, 0.3) is 0 Å². The van der Waals surface area contributed by atoms with E-state index < -0.39 is 30.4 Å². The van der Waals surface area contributed by atoms with Gasteiger partial charge in [-0.3, -0.25) is 9.59 Å². The lowest BCUT2D eigenvalue weighted by Gasteiger charge is -2.26. The lowest BCUT2D eigenvalue weighted by Crippen LogP contribution is -2.26. The first-order valence-corrected chi connectivity index (χ1v) is 11.8. The molecule has 1 amide bonds. The Hall–Kier alpha value is -3.65. The number of amides is 1. The van der Waals surface area contributed by atoms with Crippen LogP contribution < -0.4 is 10.1 Å². The number of carbonyl (C=O) groups excluding carboxylic acids is 3.